The Morgan fingerprint density at radius 2 is 2.00 bits per heavy atom. The van der Waals surface area contributed by atoms with Crippen molar-refractivity contribution < 1.29 is 4.79 Å². The van der Waals surface area contributed by atoms with E-state index < -0.39 is 0 Å². The molecule has 118 valence electrons. The van der Waals surface area contributed by atoms with Gasteiger partial charge in [0.15, 0.2) is 0 Å². The van der Waals surface area contributed by atoms with Crippen LogP contribution < -0.4 is 0 Å². The third-order valence-corrected chi connectivity index (χ3v) is 4.27. The lowest BCUT2D eigenvalue weighted by atomic mass is 9.93. The van der Waals surface area contributed by atoms with E-state index in [4.69, 9.17) is 6.42 Å². The van der Waals surface area contributed by atoms with E-state index in [1.807, 2.05) is 17.0 Å². The van der Waals surface area contributed by atoms with E-state index in [2.05, 4.69) is 21.4 Å². The van der Waals surface area contributed by atoms with Crippen LogP contribution >= 0.6 is 0 Å². The Balaban J connectivity index is 1.78. The van der Waals surface area contributed by atoms with Crippen LogP contribution in [0.2, 0.25) is 0 Å². The molecule has 2 aromatic rings. The van der Waals surface area contributed by atoms with Gasteiger partial charge in [-0.25, -0.2) is 4.68 Å². The lowest BCUT2D eigenvalue weighted by Gasteiger charge is -2.33. The first kappa shape index (κ1) is 15.2. The van der Waals surface area contributed by atoms with Crippen LogP contribution in [0.15, 0.2) is 30.6 Å². The molecule has 6 nitrogen and oxygen atoms in total. The molecule has 0 unspecified atom stereocenters. The van der Waals surface area contributed by atoms with E-state index in [-0.39, 0.29) is 11.9 Å². The highest BCUT2D eigenvalue weighted by Gasteiger charge is 2.25. The predicted octanol–water partition coefficient (Wildman–Crippen LogP) is 2.07. The van der Waals surface area contributed by atoms with Gasteiger partial charge in [0.05, 0.1) is 12.2 Å². The van der Waals surface area contributed by atoms with Gasteiger partial charge in [0.1, 0.15) is 6.33 Å². The first-order chi connectivity index (χ1) is 11.3. The number of carbonyl (C=O) groups is 1. The smallest absolute Gasteiger partial charge is 0.254 e. The summed E-state index contributed by atoms with van der Waals surface area (Å²) in [6.45, 7) is 0.359. The van der Waals surface area contributed by atoms with Gasteiger partial charge in [0.2, 0.25) is 0 Å². The van der Waals surface area contributed by atoms with Crippen molar-refractivity contribution in [3.05, 3.63) is 36.2 Å². The summed E-state index contributed by atoms with van der Waals surface area (Å²) < 4.78 is 1.55. The van der Waals surface area contributed by atoms with Crippen molar-refractivity contribution >= 4 is 5.91 Å². The van der Waals surface area contributed by atoms with Gasteiger partial charge in [-0.3, -0.25) is 4.79 Å². The number of tetrazole rings is 1. The zero-order valence-electron chi connectivity index (χ0n) is 12.9. The van der Waals surface area contributed by atoms with Gasteiger partial charge in [-0.15, -0.1) is 11.5 Å². The van der Waals surface area contributed by atoms with Crippen LogP contribution in [0.25, 0.3) is 5.69 Å². The molecule has 0 spiro atoms. The monoisotopic (exact) mass is 309 g/mol. The number of rotatable bonds is 4. The van der Waals surface area contributed by atoms with Gasteiger partial charge in [0, 0.05) is 11.6 Å². The molecule has 1 aromatic heterocycles. The van der Waals surface area contributed by atoms with E-state index >= 15 is 0 Å². The van der Waals surface area contributed by atoms with Crippen LogP contribution in [0.5, 0.6) is 0 Å². The Morgan fingerprint density at radius 1 is 1.26 bits per heavy atom. The Labute approximate surface area is 135 Å². The molecule has 0 saturated heterocycles. The van der Waals surface area contributed by atoms with Crippen molar-refractivity contribution in [1.29, 1.82) is 0 Å². The minimum absolute atomic E-state index is 0.00175. The molecule has 1 aliphatic carbocycles. The topological polar surface area (TPSA) is 63.9 Å². The van der Waals surface area contributed by atoms with Gasteiger partial charge in [-0.05, 0) is 47.5 Å². The summed E-state index contributed by atoms with van der Waals surface area (Å²) in [6, 6.07) is 7.51. The quantitative estimate of drug-likeness (QED) is 0.811. The van der Waals surface area contributed by atoms with Gasteiger partial charge >= 0.3 is 0 Å². The first-order valence-corrected chi connectivity index (χ1v) is 7.87. The average molecular weight is 309 g/mol. The van der Waals surface area contributed by atoms with Crippen molar-refractivity contribution in [3.8, 4) is 18.0 Å². The molecule has 23 heavy (non-hydrogen) atoms. The van der Waals surface area contributed by atoms with Crippen LogP contribution in [0.3, 0.4) is 0 Å². The fourth-order valence-electron chi connectivity index (χ4n) is 3.06. The maximum Gasteiger partial charge on any atom is 0.254 e. The summed E-state index contributed by atoms with van der Waals surface area (Å²) in [5.41, 5.74) is 1.45. The van der Waals surface area contributed by atoms with Crippen molar-refractivity contribution in [2.45, 2.75) is 38.1 Å². The standard InChI is InChI=1S/C17H19N5O/c1-2-12-21(15-6-4-3-5-7-15)17(23)14-8-10-16(11-9-14)22-13-18-19-20-22/h1,8-11,13,15H,3-7,12H2. The van der Waals surface area contributed by atoms with Crippen LogP contribution in [-0.4, -0.2) is 43.6 Å². The second kappa shape index (κ2) is 7.05. The number of hydrogen-bond acceptors (Lipinski definition) is 4. The van der Waals surface area contributed by atoms with Gasteiger partial charge in [-0.1, -0.05) is 25.2 Å². The number of aromatic nitrogens is 4. The number of nitrogens with zero attached hydrogens (tertiary/aromatic N) is 5. The number of terminal acetylenes is 1. The number of benzene rings is 1. The molecule has 3 rings (SSSR count). The third kappa shape index (κ3) is 3.39. The maximum atomic E-state index is 12.8. The Kier molecular flexibility index (Phi) is 4.67. The van der Waals surface area contributed by atoms with Gasteiger partial charge < -0.3 is 4.90 Å². The third-order valence-electron chi connectivity index (χ3n) is 4.27. The van der Waals surface area contributed by atoms with E-state index in [9.17, 15) is 4.79 Å². The minimum Gasteiger partial charge on any atom is -0.325 e. The van der Waals surface area contributed by atoms with Crippen molar-refractivity contribution in [2.75, 3.05) is 6.54 Å². The zero-order chi connectivity index (χ0) is 16.1. The zero-order valence-corrected chi connectivity index (χ0v) is 12.9. The maximum absolute atomic E-state index is 12.8. The molecular formula is C17H19N5O. The normalized spacial score (nSPS) is 15.1. The van der Waals surface area contributed by atoms with Gasteiger partial charge in [0.25, 0.3) is 5.91 Å². The Bertz CT molecular complexity index is 681. The lowest BCUT2D eigenvalue weighted by Crippen LogP contribution is -2.41. The average Bonchev–Trinajstić information content (AvgIpc) is 3.15. The largest absolute Gasteiger partial charge is 0.325 e. The summed E-state index contributed by atoms with van der Waals surface area (Å²) in [7, 11) is 0. The number of carbonyl (C=O) groups excluding carboxylic acids is 1. The summed E-state index contributed by atoms with van der Waals surface area (Å²) in [5, 5.41) is 11.0. The molecule has 1 saturated carbocycles. The van der Waals surface area contributed by atoms with Gasteiger partial charge in [-0.2, -0.15) is 0 Å². The summed E-state index contributed by atoms with van der Waals surface area (Å²) in [5.74, 6) is 2.62. The molecule has 1 aromatic carbocycles. The van der Waals surface area contributed by atoms with E-state index in [1.54, 1.807) is 16.8 Å². The molecule has 6 heteroatoms. The highest BCUT2D eigenvalue weighted by Crippen LogP contribution is 2.24. The summed E-state index contributed by atoms with van der Waals surface area (Å²) in [6.07, 6.45) is 12.6. The van der Waals surface area contributed by atoms with Crippen LogP contribution in [-0.2, 0) is 0 Å². The predicted molar refractivity (Wildman–Crippen MR) is 85.9 cm³/mol. The highest BCUT2D eigenvalue weighted by atomic mass is 16.2. The van der Waals surface area contributed by atoms with E-state index in [0.717, 1.165) is 31.4 Å². The SMILES string of the molecule is C#CCN(C(=O)c1ccc(-n2cnnn2)cc1)C1CCCCC1. The fourth-order valence-corrected chi connectivity index (χ4v) is 3.06. The highest BCUT2D eigenvalue weighted by molar-refractivity contribution is 5.94. The minimum atomic E-state index is -0.00175. The molecule has 1 amide bonds. The van der Waals surface area contributed by atoms with Crippen LogP contribution in [0.1, 0.15) is 42.5 Å². The molecule has 0 bridgehead atoms. The molecule has 0 aliphatic heterocycles. The molecular weight excluding hydrogens is 290 g/mol. The molecule has 0 atom stereocenters. The van der Waals surface area contributed by atoms with E-state index in [0.29, 0.717) is 12.1 Å². The first-order valence-electron chi connectivity index (χ1n) is 7.87. The van der Waals surface area contributed by atoms with Crippen molar-refractivity contribution in [3.63, 3.8) is 0 Å². The lowest BCUT2D eigenvalue weighted by molar-refractivity contribution is 0.0667. The summed E-state index contributed by atoms with van der Waals surface area (Å²) in [4.78, 5) is 14.7. The second-order valence-corrected chi connectivity index (χ2v) is 5.73. The summed E-state index contributed by atoms with van der Waals surface area (Å²) >= 11 is 0. The Hall–Kier alpha value is -2.68. The van der Waals surface area contributed by atoms with Crippen molar-refractivity contribution in [1.82, 2.24) is 25.1 Å². The van der Waals surface area contributed by atoms with Crippen LogP contribution in [0, 0.1) is 12.3 Å². The molecule has 0 N–H and O–H groups in total. The number of hydrogen-bond donors (Lipinski definition) is 0. The molecule has 0 radical (unpaired) electrons. The van der Waals surface area contributed by atoms with Crippen LogP contribution in [0.4, 0.5) is 0 Å². The fraction of sp³-hybridized carbons (Fsp3) is 0.412. The number of amides is 1. The Morgan fingerprint density at radius 3 is 2.61 bits per heavy atom. The van der Waals surface area contributed by atoms with Crippen molar-refractivity contribution in [2.24, 2.45) is 0 Å². The van der Waals surface area contributed by atoms with E-state index in [1.165, 1.54) is 12.7 Å². The second-order valence-electron chi connectivity index (χ2n) is 5.73. The molecule has 1 heterocycles. The molecule has 1 aliphatic rings. The molecule has 1 fully saturated rings.